The molecule has 0 aromatic rings. The number of amides is 1. The summed E-state index contributed by atoms with van der Waals surface area (Å²) in [6.07, 6.45) is 5.51. The summed E-state index contributed by atoms with van der Waals surface area (Å²) in [5.74, 6) is 0.518. The Morgan fingerprint density at radius 3 is 2.50 bits per heavy atom. The van der Waals surface area contributed by atoms with Crippen LogP contribution in [-0.2, 0) is 4.79 Å². The van der Waals surface area contributed by atoms with Crippen molar-refractivity contribution in [1.82, 2.24) is 5.32 Å². The van der Waals surface area contributed by atoms with Crippen molar-refractivity contribution in [3.63, 3.8) is 0 Å². The monoisotopic (exact) mass is 198 g/mol. The van der Waals surface area contributed by atoms with Gasteiger partial charge in [-0.25, -0.2) is 0 Å². The van der Waals surface area contributed by atoms with Gasteiger partial charge in [-0.2, -0.15) is 0 Å². The second-order valence-electron chi connectivity index (χ2n) is 4.73. The molecule has 1 saturated carbocycles. The Morgan fingerprint density at radius 2 is 2.00 bits per heavy atom. The summed E-state index contributed by atoms with van der Waals surface area (Å²) < 4.78 is 0. The second kappa shape index (κ2) is 5.35. The van der Waals surface area contributed by atoms with Crippen LogP contribution >= 0.6 is 0 Å². The maximum absolute atomic E-state index is 11.6. The molecule has 0 heterocycles. The standard InChI is InChI=1S/C11H22N2O/c1-8(2)7-10(12)11(14)13-9-5-3-4-6-9/h8-10H,3-7,12H2,1-2H3,(H,13,14). The molecule has 1 rings (SSSR count). The third-order valence-electron chi connectivity index (χ3n) is 2.76. The fourth-order valence-corrected chi connectivity index (χ4v) is 1.99. The van der Waals surface area contributed by atoms with E-state index in [9.17, 15) is 4.79 Å². The predicted molar refractivity (Wildman–Crippen MR) is 57.8 cm³/mol. The zero-order chi connectivity index (χ0) is 10.6. The SMILES string of the molecule is CC(C)CC(N)C(=O)NC1CCCC1. The topological polar surface area (TPSA) is 55.1 Å². The van der Waals surface area contributed by atoms with Crippen molar-refractivity contribution in [1.29, 1.82) is 0 Å². The van der Waals surface area contributed by atoms with Crippen molar-refractivity contribution in [2.45, 2.75) is 58.0 Å². The molecular formula is C11H22N2O. The van der Waals surface area contributed by atoms with E-state index >= 15 is 0 Å². The molecule has 82 valence electrons. The molecule has 3 N–H and O–H groups in total. The average molecular weight is 198 g/mol. The van der Waals surface area contributed by atoms with Gasteiger partial charge in [-0.3, -0.25) is 4.79 Å². The molecule has 0 aromatic heterocycles. The van der Waals surface area contributed by atoms with Gasteiger partial charge in [-0.05, 0) is 25.2 Å². The van der Waals surface area contributed by atoms with E-state index in [-0.39, 0.29) is 11.9 Å². The van der Waals surface area contributed by atoms with E-state index in [1.165, 1.54) is 12.8 Å². The highest BCUT2D eigenvalue weighted by molar-refractivity contribution is 5.81. The van der Waals surface area contributed by atoms with Crippen LogP contribution < -0.4 is 11.1 Å². The van der Waals surface area contributed by atoms with Gasteiger partial charge in [0.2, 0.25) is 5.91 Å². The highest BCUT2D eigenvalue weighted by Gasteiger charge is 2.21. The van der Waals surface area contributed by atoms with Crippen molar-refractivity contribution >= 4 is 5.91 Å². The molecule has 1 fully saturated rings. The largest absolute Gasteiger partial charge is 0.352 e. The number of carbonyl (C=O) groups is 1. The Kier molecular flexibility index (Phi) is 4.39. The van der Waals surface area contributed by atoms with Crippen LogP contribution in [0.2, 0.25) is 0 Å². The first-order valence-corrected chi connectivity index (χ1v) is 5.65. The van der Waals surface area contributed by atoms with E-state index in [0.717, 1.165) is 19.3 Å². The van der Waals surface area contributed by atoms with Crippen LogP contribution in [0.4, 0.5) is 0 Å². The van der Waals surface area contributed by atoms with E-state index in [2.05, 4.69) is 19.2 Å². The van der Waals surface area contributed by atoms with Crippen molar-refractivity contribution in [2.75, 3.05) is 0 Å². The van der Waals surface area contributed by atoms with Crippen LogP contribution in [-0.4, -0.2) is 18.0 Å². The lowest BCUT2D eigenvalue weighted by molar-refractivity contribution is -0.123. The maximum atomic E-state index is 11.6. The Hall–Kier alpha value is -0.570. The Labute approximate surface area is 86.4 Å². The third kappa shape index (κ3) is 3.66. The highest BCUT2D eigenvalue weighted by atomic mass is 16.2. The minimum atomic E-state index is -0.324. The number of hydrogen-bond donors (Lipinski definition) is 2. The predicted octanol–water partition coefficient (Wildman–Crippen LogP) is 1.42. The molecule has 1 atom stereocenters. The molecule has 0 bridgehead atoms. The van der Waals surface area contributed by atoms with Crippen LogP contribution in [0.15, 0.2) is 0 Å². The van der Waals surface area contributed by atoms with Crippen LogP contribution in [0.1, 0.15) is 46.0 Å². The lowest BCUT2D eigenvalue weighted by atomic mass is 10.0. The van der Waals surface area contributed by atoms with Crippen LogP contribution in [0.25, 0.3) is 0 Å². The van der Waals surface area contributed by atoms with E-state index in [1.54, 1.807) is 0 Å². The molecule has 0 aliphatic heterocycles. The van der Waals surface area contributed by atoms with Crippen LogP contribution in [0, 0.1) is 5.92 Å². The molecule has 3 heteroatoms. The van der Waals surface area contributed by atoms with E-state index in [1.807, 2.05) is 0 Å². The summed E-state index contributed by atoms with van der Waals surface area (Å²) in [4.78, 5) is 11.6. The van der Waals surface area contributed by atoms with Gasteiger partial charge in [0.05, 0.1) is 6.04 Å². The number of rotatable bonds is 4. The lowest BCUT2D eigenvalue weighted by Gasteiger charge is -2.17. The third-order valence-corrected chi connectivity index (χ3v) is 2.76. The summed E-state index contributed by atoms with van der Waals surface area (Å²) in [6, 6.07) is 0.0660. The molecule has 0 spiro atoms. The van der Waals surface area contributed by atoms with Gasteiger partial charge in [0, 0.05) is 6.04 Å². The van der Waals surface area contributed by atoms with Gasteiger partial charge in [-0.15, -0.1) is 0 Å². The van der Waals surface area contributed by atoms with E-state index in [0.29, 0.717) is 12.0 Å². The maximum Gasteiger partial charge on any atom is 0.237 e. The number of nitrogens with one attached hydrogen (secondary N) is 1. The minimum absolute atomic E-state index is 0.0330. The quantitative estimate of drug-likeness (QED) is 0.717. The Balaban J connectivity index is 2.25. The first-order chi connectivity index (χ1) is 6.59. The van der Waals surface area contributed by atoms with Crippen LogP contribution in [0.5, 0.6) is 0 Å². The normalized spacial score (nSPS) is 20.0. The first-order valence-electron chi connectivity index (χ1n) is 5.65. The van der Waals surface area contributed by atoms with Gasteiger partial charge in [-0.1, -0.05) is 26.7 Å². The summed E-state index contributed by atoms with van der Waals surface area (Å²) in [6.45, 7) is 4.17. The average Bonchev–Trinajstić information content (AvgIpc) is 2.55. The zero-order valence-electron chi connectivity index (χ0n) is 9.25. The van der Waals surface area contributed by atoms with Gasteiger partial charge in [0.15, 0.2) is 0 Å². The molecular weight excluding hydrogens is 176 g/mol. The molecule has 0 saturated heterocycles. The van der Waals surface area contributed by atoms with E-state index in [4.69, 9.17) is 5.73 Å². The van der Waals surface area contributed by atoms with Crippen molar-refractivity contribution in [2.24, 2.45) is 11.7 Å². The molecule has 0 radical (unpaired) electrons. The first kappa shape index (κ1) is 11.5. The van der Waals surface area contributed by atoms with Gasteiger partial charge >= 0.3 is 0 Å². The summed E-state index contributed by atoms with van der Waals surface area (Å²) in [7, 11) is 0. The van der Waals surface area contributed by atoms with Gasteiger partial charge in [0.1, 0.15) is 0 Å². The van der Waals surface area contributed by atoms with Crippen LogP contribution in [0.3, 0.4) is 0 Å². The zero-order valence-corrected chi connectivity index (χ0v) is 9.25. The number of carbonyl (C=O) groups excluding carboxylic acids is 1. The molecule has 3 nitrogen and oxygen atoms in total. The fourth-order valence-electron chi connectivity index (χ4n) is 1.99. The summed E-state index contributed by atoms with van der Waals surface area (Å²) in [5, 5.41) is 3.02. The Bertz CT molecular complexity index is 186. The number of nitrogens with two attached hydrogens (primary N) is 1. The molecule has 1 aliphatic carbocycles. The van der Waals surface area contributed by atoms with Crippen molar-refractivity contribution in [3.8, 4) is 0 Å². The van der Waals surface area contributed by atoms with Gasteiger partial charge in [0.25, 0.3) is 0 Å². The molecule has 0 aromatic carbocycles. The second-order valence-corrected chi connectivity index (χ2v) is 4.73. The molecule has 14 heavy (non-hydrogen) atoms. The smallest absolute Gasteiger partial charge is 0.237 e. The number of hydrogen-bond acceptors (Lipinski definition) is 2. The Morgan fingerprint density at radius 1 is 1.43 bits per heavy atom. The summed E-state index contributed by atoms with van der Waals surface area (Å²) in [5.41, 5.74) is 5.78. The highest BCUT2D eigenvalue weighted by Crippen LogP contribution is 2.17. The van der Waals surface area contributed by atoms with Crippen molar-refractivity contribution in [3.05, 3.63) is 0 Å². The van der Waals surface area contributed by atoms with Crippen molar-refractivity contribution < 1.29 is 4.79 Å². The minimum Gasteiger partial charge on any atom is -0.352 e. The van der Waals surface area contributed by atoms with Gasteiger partial charge < -0.3 is 11.1 Å². The molecule has 1 aliphatic rings. The summed E-state index contributed by atoms with van der Waals surface area (Å²) >= 11 is 0. The van der Waals surface area contributed by atoms with E-state index < -0.39 is 0 Å². The molecule has 1 amide bonds. The fraction of sp³-hybridized carbons (Fsp3) is 0.909. The molecule has 1 unspecified atom stereocenters. The lowest BCUT2D eigenvalue weighted by Crippen LogP contribution is -2.45.